The highest BCUT2D eigenvalue weighted by atomic mass is 32.2. The molecular weight excluding hydrogens is 372 g/mol. The van der Waals surface area contributed by atoms with E-state index >= 15 is 0 Å². The SMILES string of the molecule is CCCNC(=O)CSc1nnc(-c2ccc(OC)cc2)n1-c1ccc(C)cc1. The molecule has 1 aromatic heterocycles. The van der Waals surface area contributed by atoms with Gasteiger partial charge < -0.3 is 10.1 Å². The maximum atomic E-state index is 12.0. The number of nitrogens with one attached hydrogen (secondary N) is 1. The van der Waals surface area contributed by atoms with Crippen molar-refractivity contribution in [2.24, 2.45) is 0 Å². The van der Waals surface area contributed by atoms with Gasteiger partial charge in [0.2, 0.25) is 5.91 Å². The van der Waals surface area contributed by atoms with E-state index < -0.39 is 0 Å². The number of carbonyl (C=O) groups is 1. The van der Waals surface area contributed by atoms with Crippen LogP contribution in [-0.4, -0.2) is 40.1 Å². The molecule has 0 aliphatic rings. The second-order valence-corrected chi connectivity index (χ2v) is 7.29. The highest BCUT2D eigenvalue weighted by Gasteiger charge is 2.17. The van der Waals surface area contributed by atoms with Gasteiger partial charge in [-0.1, -0.05) is 36.4 Å². The highest BCUT2D eigenvalue weighted by Crippen LogP contribution is 2.29. The fourth-order valence-electron chi connectivity index (χ4n) is 2.66. The van der Waals surface area contributed by atoms with Gasteiger partial charge in [0.05, 0.1) is 12.9 Å². The molecule has 1 heterocycles. The summed E-state index contributed by atoms with van der Waals surface area (Å²) >= 11 is 1.38. The topological polar surface area (TPSA) is 69.0 Å². The standard InChI is InChI=1S/C21H24N4O2S/c1-4-13-22-19(26)14-28-21-24-23-20(16-7-11-18(27-3)12-8-16)25(21)17-9-5-15(2)6-10-17/h5-12H,4,13-14H2,1-3H3,(H,22,26). The molecule has 2 aromatic carbocycles. The van der Waals surface area contributed by atoms with Gasteiger partial charge in [-0.2, -0.15) is 0 Å². The van der Waals surface area contributed by atoms with Crippen molar-refractivity contribution in [3.63, 3.8) is 0 Å². The fourth-order valence-corrected chi connectivity index (χ4v) is 3.44. The van der Waals surface area contributed by atoms with Gasteiger partial charge in [-0.05, 0) is 49.7 Å². The number of amides is 1. The number of thioether (sulfide) groups is 1. The van der Waals surface area contributed by atoms with Crippen LogP contribution in [-0.2, 0) is 4.79 Å². The molecule has 7 heteroatoms. The number of hydrogen-bond donors (Lipinski definition) is 1. The van der Waals surface area contributed by atoms with Crippen LogP contribution in [0.1, 0.15) is 18.9 Å². The molecule has 0 fully saturated rings. The molecule has 3 aromatic rings. The van der Waals surface area contributed by atoms with E-state index in [1.807, 2.05) is 54.8 Å². The van der Waals surface area contributed by atoms with Crippen LogP contribution in [0.15, 0.2) is 53.7 Å². The summed E-state index contributed by atoms with van der Waals surface area (Å²) in [5.74, 6) is 1.80. The predicted octanol–water partition coefficient (Wildman–Crippen LogP) is 3.87. The van der Waals surface area contributed by atoms with Crippen LogP contribution in [0.2, 0.25) is 0 Å². The van der Waals surface area contributed by atoms with Gasteiger partial charge in [0.1, 0.15) is 5.75 Å². The van der Waals surface area contributed by atoms with E-state index in [0.717, 1.165) is 29.2 Å². The number of methoxy groups -OCH3 is 1. The van der Waals surface area contributed by atoms with E-state index in [-0.39, 0.29) is 5.91 Å². The van der Waals surface area contributed by atoms with Crippen molar-refractivity contribution in [2.75, 3.05) is 19.4 Å². The van der Waals surface area contributed by atoms with Gasteiger partial charge in [0.15, 0.2) is 11.0 Å². The van der Waals surface area contributed by atoms with Gasteiger partial charge in [-0.15, -0.1) is 10.2 Å². The summed E-state index contributed by atoms with van der Waals surface area (Å²) in [6, 6.07) is 15.9. The van der Waals surface area contributed by atoms with E-state index in [0.29, 0.717) is 17.5 Å². The van der Waals surface area contributed by atoms with Crippen molar-refractivity contribution < 1.29 is 9.53 Å². The third-order valence-corrected chi connectivity index (χ3v) is 5.11. The minimum absolute atomic E-state index is 0.00342. The van der Waals surface area contributed by atoms with Crippen LogP contribution in [0.3, 0.4) is 0 Å². The molecule has 0 atom stereocenters. The number of rotatable bonds is 8. The summed E-state index contributed by atoms with van der Waals surface area (Å²) in [7, 11) is 1.64. The van der Waals surface area contributed by atoms with Crippen LogP contribution in [0, 0.1) is 6.92 Å². The van der Waals surface area contributed by atoms with Crippen molar-refractivity contribution in [1.82, 2.24) is 20.1 Å². The summed E-state index contributed by atoms with van der Waals surface area (Å²) in [5.41, 5.74) is 3.06. The Hall–Kier alpha value is -2.80. The molecule has 0 spiro atoms. The lowest BCUT2D eigenvalue weighted by Crippen LogP contribution is -2.25. The Morgan fingerprint density at radius 2 is 1.82 bits per heavy atom. The normalized spacial score (nSPS) is 10.7. The Morgan fingerprint density at radius 3 is 2.46 bits per heavy atom. The van der Waals surface area contributed by atoms with E-state index in [9.17, 15) is 4.79 Å². The zero-order valence-corrected chi connectivity index (χ0v) is 17.1. The summed E-state index contributed by atoms with van der Waals surface area (Å²) < 4.78 is 7.23. The van der Waals surface area contributed by atoms with E-state index in [2.05, 4.69) is 27.6 Å². The van der Waals surface area contributed by atoms with Gasteiger partial charge >= 0.3 is 0 Å². The Labute approximate surface area is 169 Å². The first-order chi connectivity index (χ1) is 13.6. The molecule has 28 heavy (non-hydrogen) atoms. The number of carbonyl (C=O) groups excluding carboxylic acids is 1. The average Bonchev–Trinajstić information content (AvgIpc) is 3.15. The smallest absolute Gasteiger partial charge is 0.230 e. The first-order valence-electron chi connectivity index (χ1n) is 9.18. The molecule has 0 radical (unpaired) electrons. The summed E-state index contributed by atoms with van der Waals surface area (Å²) in [6.45, 7) is 4.76. The third kappa shape index (κ3) is 4.72. The second kappa shape index (κ2) is 9.41. The quantitative estimate of drug-likeness (QED) is 0.586. The average molecular weight is 397 g/mol. The van der Waals surface area contributed by atoms with E-state index in [1.54, 1.807) is 7.11 Å². The molecule has 0 bridgehead atoms. The molecule has 146 valence electrons. The minimum atomic E-state index is -0.00342. The van der Waals surface area contributed by atoms with E-state index in [4.69, 9.17) is 4.74 Å². The Balaban J connectivity index is 1.94. The lowest BCUT2D eigenvalue weighted by atomic mass is 10.2. The van der Waals surface area contributed by atoms with Crippen LogP contribution in [0.4, 0.5) is 0 Å². The number of ether oxygens (including phenoxy) is 1. The van der Waals surface area contributed by atoms with E-state index in [1.165, 1.54) is 17.3 Å². The molecule has 0 saturated carbocycles. The summed E-state index contributed by atoms with van der Waals surface area (Å²) in [6.07, 6.45) is 0.914. The predicted molar refractivity (Wildman–Crippen MR) is 112 cm³/mol. The molecule has 1 N–H and O–H groups in total. The van der Waals surface area contributed by atoms with Crippen molar-refractivity contribution >= 4 is 17.7 Å². The van der Waals surface area contributed by atoms with Gasteiger partial charge in [0.25, 0.3) is 0 Å². The van der Waals surface area contributed by atoms with Crippen molar-refractivity contribution in [2.45, 2.75) is 25.4 Å². The first-order valence-corrected chi connectivity index (χ1v) is 10.2. The number of nitrogens with zero attached hydrogens (tertiary/aromatic N) is 3. The molecule has 0 saturated heterocycles. The molecule has 1 amide bonds. The lowest BCUT2D eigenvalue weighted by Gasteiger charge is -2.11. The van der Waals surface area contributed by atoms with Crippen LogP contribution >= 0.6 is 11.8 Å². The monoisotopic (exact) mass is 396 g/mol. The van der Waals surface area contributed by atoms with Crippen LogP contribution in [0.5, 0.6) is 5.75 Å². The molecule has 6 nitrogen and oxygen atoms in total. The van der Waals surface area contributed by atoms with Crippen molar-refractivity contribution in [1.29, 1.82) is 0 Å². The second-order valence-electron chi connectivity index (χ2n) is 6.34. The molecular formula is C21H24N4O2S. The largest absolute Gasteiger partial charge is 0.497 e. The zero-order valence-electron chi connectivity index (χ0n) is 16.3. The maximum absolute atomic E-state index is 12.0. The zero-order chi connectivity index (χ0) is 19.9. The summed E-state index contributed by atoms with van der Waals surface area (Å²) in [4.78, 5) is 12.0. The number of hydrogen-bond acceptors (Lipinski definition) is 5. The highest BCUT2D eigenvalue weighted by molar-refractivity contribution is 7.99. The molecule has 0 aliphatic carbocycles. The van der Waals surface area contributed by atoms with Crippen molar-refractivity contribution in [3.05, 3.63) is 54.1 Å². The number of benzene rings is 2. The minimum Gasteiger partial charge on any atom is -0.497 e. The maximum Gasteiger partial charge on any atom is 0.230 e. The number of aromatic nitrogens is 3. The Bertz CT molecular complexity index is 921. The first kappa shape index (κ1) is 19.9. The molecule has 0 unspecified atom stereocenters. The van der Waals surface area contributed by atoms with Crippen molar-refractivity contribution in [3.8, 4) is 22.8 Å². The Morgan fingerprint density at radius 1 is 1.11 bits per heavy atom. The molecule has 0 aliphatic heterocycles. The van der Waals surface area contributed by atoms with Gasteiger partial charge in [-0.3, -0.25) is 9.36 Å². The summed E-state index contributed by atoms with van der Waals surface area (Å²) in [5, 5.41) is 12.3. The fraction of sp³-hybridized carbons (Fsp3) is 0.286. The van der Waals surface area contributed by atoms with Crippen LogP contribution < -0.4 is 10.1 Å². The van der Waals surface area contributed by atoms with Crippen LogP contribution in [0.25, 0.3) is 17.1 Å². The third-order valence-electron chi connectivity index (χ3n) is 4.18. The Kier molecular flexibility index (Phi) is 6.71. The van der Waals surface area contributed by atoms with Gasteiger partial charge in [0, 0.05) is 17.8 Å². The lowest BCUT2D eigenvalue weighted by molar-refractivity contribution is -0.118. The van der Waals surface area contributed by atoms with Gasteiger partial charge in [-0.25, -0.2) is 0 Å². The molecule has 3 rings (SSSR count). The number of aryl methyl sites for hydroxylation is 1.